The van der Waals surface area contributed by atoms with Crippen LogP contribution in [0, 0.1) is 11.7 Å². The lowest BCUT2D eigenvalue weighted by molar-refractivity contribution is -0.00161. The third-order valence-electron chi connectivity index (χ3n) is 7.86. The van der Waals surface area contributed by atoms with E-state index >= 15 is 0 Å². The minimum Gasteiger partial charge on any atom is -0.374 e. The summed E-state index contributed by atoms with van der Waals surface area (Å²) in [6, 6.07) is 10.4. The van der Waals surface area contributed by atoms with Crippen LogP contribution in [0.1, 0.15) is 56.4 Å². The van der Waals surface area contributed by atoms with Gasteiger partial charge >= 0.3 is 0 Å². The van der Waals surface area contributed by atoms with Crippen LogP contribution in [0.3, 0.4) is 0 Å². The molecule has 5 rings (SSSR count). The number of piperidine rings is 1. The van der Waals surface area contributed by atoms with Crippen molar-refractivity contribution < 1.29 is 17.5 Å². The molecule has 0 unspecified atom stereocenters. The number of rotatable bonds is 8. The van der Waals surface area contributed by atoms with Gasteiger partial charge in [-0.25, -0.2) is 4.39 Å². The van der Waals surface area contributed by atoms with E-state index in [0.717, 1.165) is 49.9 Å². The second kappa shape index (κ2) is 11.5. The first-order chi connectivity index (χ1) is 17.5. The number of halogens is 1. The number of aromatic nitrogens is 2. The highest BCUT2D eigenvalue weighted by atomic mass is 32.2. The van der Waals surface area contributed by atoms with Crippen molar-refractivity contribution >= 4 is 16.0 Å². The van der Waals surface area contributed by atoms with Crippen LogP contribution in [-0.4, -0.2) is 67.9 Å². The van der Waals surface area contributed by atoms with Crippen molar-refractivity contribution in [3.63, 3.8) is 0 Å². The summed E-state index contributed by atoms with van der Waals surface area (Å²) < 4.78 is 50.6. The zero-order valence-corrected chi connectivity index (χ0v) is 21.5. The van der Waals surface area contributed by atoms with E-state index in [1.54, 1.807) is 22.6 Å². The fourth-order valence-corrected chi connectivity index (χ4v) is 7.31. The van der Waals surface area contributed by atoms with Gasteiger partial charge in [-0.15, -0.1) is 5.10 Å². The van der Waals surface area contributed by atoms with Crippen LogP contribution >= 0.6 is 0 Å². The summed E-state index contributed by atoms with van der Waals surface area (Å²) in [7, 11) is -3.53. The molecular formula is C26H36FN5O3S. The second-order valence-electron chi connectivity index (χ2n) is 10.3. The number of benzene rings is 1. The maximum atomic E-state index is 13.6. The third-order valence-corrected chi connectivity index (χ3v) is 9.51. The normalized spacial score (nSPS) is 27.9. The minimum absolute atomic E-state index is 0.176. The Bertz CT molecular complexity index is 1090. The van der Waals surface area contributed by atoms with Gasteiger partial charge in [-0.2, -0.15) is 22.5 Å². The van der Waals surface area contributed by atoms with Crippen molar-refractivity contribution in [2.45, 2.75) is 63.0 Å². The molecule has 8 nitrogen and oxygen atoms in total. The van der Waals surface area contributed by atoms with Gasteiger partial charge in [-0.05, 0) is 86.6 Å². The molecule has 2 saturated heterocycles. The monoisotopic (exact) mass is 517 g/mol. The molecule has 1 saturated carbocycles. The fraction of sp³-hybridized carbons (Fsp3) is 0.615. The van der Waals surface area contributed by atoms with E-state index < -0.39 is 10.2 Å². The Labute approximate surface area is 213 Å². The third kappa shape index (κ3) is 6.22. The van der Waals surface area contributed by atoms with E-state index in [2.05, 4.69) is 19.8 Å². The topological polar surface area (TPSA) is 87.7 Å². The summed E-state index contributed by atoms with van der Waals surface area (Å²) in [4.78, 5) is 2.12. The van der Waals surface area contributed by atoms with Gasteiger partial charge in [0.15, 0.2) is 5.82 Å². The van der Waals surface area contributed by atoms with E-state index in [0.29, 0.717) is 51.0 Å². The quantitative estimate of drug-likeness (QED) is 0.577. The van der Waals surface area contributed by atoms with Gasteiger partial charge in [0.25, 0.3) is 10.2 Å². The van der Waals surface area contributed by atoms with Crippen LogP contribution < -0.4 is 9.62 Å². The van der Waals surface area contributed by atoms with Crippen LogP contribution in [0.15, 0.2) is 42.6 Å². The van der Waals surface area contributed by atoms with Gasteiger partial charge in [0.1, 0.15) is 5.82 Å². The van der Waals surface area contributed by atoms with Crippen molar-refractivity contribution in [1.29, 1.82) is 0 Å². The number of nitrogens with one attached hydrogen (secondary N) is 1. The fourth-order valence-electron chi connectivity index (χ4n) is 5.77. The Balaban J connectivity index is 1.21. The Kier molecular flexibility index (Phi) is 8.15. The van der Waals surface area contributed by atoms with Gasteiger partial charge in [-0.3, -0.25) is 0 Å². The first kappa shape index (κ1) is 25.5. The van der Waals surface area contributed by atoms with Crippen LogP contribution in [0.25, 0.3) is 0 Å². The predicted molar refractivity (Wildman–Crippen MR) is 136 cm³/mol. The molecule has 1 aliphatic carbocycles. The van der Waals surface area contributed by atoms with Crippen molar-refractivity contribution in [1.82, 2.24) is 19.2 Å². The molecule has 0 bridgehead atoms. The Morgan fingerprint density at radius 1 is 1.03 bits per heavy atom. The van der Waals surface area contributed by atoms with Crippen molar-refractivity contribution in [3.8, 4) is 0 Å². The molecule has 3 heterocycles. The Morgan fingerprint density at radius 3 is 2.56 bits per heavy atom. The summed E-state index contributed by atoms with van der Waals surface area (Å²) in [6.07, 6.45) is 7.89. The standard InChI is InChI=1S/C26H36FN5O3S/c27-23-6-3-5-22(17-23)21-10-8-20(9-11-21)19-35-25-18-31(26-7-4-13-28-29-26)16-12-24(25)30-36(33,34)32-14-1-2-15-32/h3-7,13,17,20-21,24-25,30H,1-2,8-12,14-16,18-19H2/t20?,21?,24-,25+/m0/s1. The van der Waals surface area contributed by atoms with Gasteiger partial charge in [0, 0.05) is 39.0 Å². The largest absolute Gasteiger partial charge is 0.374 e. The number of nitrogens with zero attached hydrogens (tertiary/aromatic N) is 4. The molecular weight excluding hydrogens is 481 g/mol. The van der Waals surface area contributed by atoms with Crippen LogP contribution in [0.2, 0.25) is 0 Å². The summed E-state index contributed by atoms with van der Waals surface area (Å²) in [5, 5.41) is 8.24. The van der Waals surface area contributed by atoms with E-state index in [1.165, 1.54) is 6.07 Å². The lowest BCUT2D eigenvalue weighted by Gasteiger charge is -2.40. The molecule has 36 heavy (non-hydrogen) atoms. The highest BCUT2D eigenvalue weighted by molar-refractivity contribution is 7.87. The molecule has 3 fully saturated rings. The smallest absolute Gasteiger partial charge is 0.279 e. The maximum absolute atomic E-state index is 13.6. The Morgan fingerprint density at radius 2 is 1.83 bits per heavy atom. The molecule has 0 spiro atoms. The first-order valence-electron chi connectivity index (χ1n) is 13.1. The molecule has 2 atom stereocenters. The highest BCUT2D eigenvalue weighted by Gasteiger charge is 2.36. The zero-order chi connectivity index (χ0) is 25.0. The van der Waals surface area contributed by atoms with Crippen molar-refractivity contribution in [3.05, 3.63) is 54.0 Å². The van der Waals surface area contributed by atoms with Crippen LogP contribution in [0.5, 0.6) is 0 Å². The predicted octanol–water partition coefficient (Wildman–Crippen LogP) is 3.48. The average Bonchev–Trinajstić information content (AvgIpc) is 3.45. The molecule has 0 radical (unpaired) electrons. The van der Waals surface area contributed by atoms with E-state index in [4.69, 9.17) is 4.74 Å². The molecule has 0 amide bonds. The summed E-state index contributed by atoms with van der Waals surface area (Å²) in [5.74, 6) is 1.41. The van der Waals surface area contributed by atoms with E-state index in [-0.39, 0.29) is 18.0 Å². The molecule has 10 heteroatoms. The SMILES string of the molecule is O=S(=O)(N[C@H]1CCN(c2cccnn2)C[C@H]1OCC1CCC(c2cccc(F)c2)CC1)N1CCCC1. The molecule has 2 aliphatic heterocycles. The number of ether oxygens (including phenoxy) is 1. The van der Waals surface area contributed by atoms with Gasteiger partial charge in [-0.1, -0.05) is 12.1 Å². The summed E-state index contributed by atoms with van der Waals surface area (Å²) >= 11 is 0. The van der Waals surface area contributed by atoms with Gasteiger partial charge < -0.3 is 9.64 Å². The van der Waals surface area contributed by atoms with Crippen molar-refractivity contribution in [2.24, 2.45) is 5.92 Å². The number of hydrogen-bond donors (Lipinski definition) is 1. The molecule has 1 aromatic heterocycles. The maximum Gasteiger partial charge on any atom is 0.279 e. The molecule has 196 valence electrons. The summed E-state index contributed by atoms with van der Waals surface area (Å²) in [5.41, 5.74) is 1.08. The molecule has 2 aromatic rings. The van der Waals surface area contributed by atoms with Gasteiger partial charge in [0.05, 0.1) is 12.1 Å². The van der Waals surface area contributed by atoms with E-state index in [9.17, 15) is 12.8 Å². The molecule has 1 aromatic carbocycles. The molecule has 3 aliphatic rings. The minimum atomic E-state index is -3.53. The molecule has 1 N–H and O–H groups in total. The average molecular weight is 518 g/mol. The van der Waals surface area contributed by atoms with E-state index in [1.807, 2.05) is 18.2 Å². The second-order valence-corrected chi connectivity index (χ2v) is 12.0. The number of hydrogen-bond acceptors (Lipinski definition) is 6. The highest BCUT2D eigenvalue weighted by Crippen LogP contribution is 2.36. The summed E-state index contributed by atoms with van der Waals surface area (Å²) in [6.45, 7) is 2.99. The van der Waals surface area contributed by atoms with Gasteiger partial charge in [0.2, 0.25) is 0 Å². The number of anilines is 1. The van der Waals surface area contributed by atoms with Crippen LogP contribution in [0.4, 0.5) is 10.2 Å². The first-order valence-corrected chi connectivity index (χ1v) is 14.6. The lowest BCUT2D eigenvalue weighted by Crippen LogP contribution is -2.57. The zero-order valence-electron chi connectivity index (χ0n) is 20.6. The van der Waals surface area contributed by atoms with Crippen LogP contribution in [-0.2, 0) is 14.9 Å². The van der Waals surface area contributed by atoms with Crippen molar-refractivity contribution in [2.75, 3.05) is 37.7 Å². The Hall–Kier alpha value is -2.14. The lowest BCUT2D eigenvalue weighted by atomic mass is 9.79.